The number of nitrogens with one attached hydrogen (secondary N) is 2. The fraction of sp³-hybridized carbons (Fsp3) is 0.0455. The fourth-order valence-corrected chi connectivity index (χ4v) is 3.70. The number of H-pyrrole nitrogens is 1. The number of rotatable bonds is 4. The van der Waals surface area contributed by atoms with E-state index in [1.807, 2.05) is 36.4 Å². The number of amides is 1. The number of benzene rings is 3. The maximum absolute atomic E-state index is 12.5. The van der Waals surface area contributed by atoms with E-state index in [0.29, 0.717) is 16.9 Å². The van der Waals surface area contributed by atoms with Crippen molar-refractivity contribution in [3.63, 3.8) is 0 Å². The first-order valence-corrected chi connectivity index (χ1v) is 9.85. The highest BCUT2D eigenvalue weighted by Crippen LogP contribution is 2.32. The van der Waals surface area contributed by atoms with Crippen LogP contribution in [0.15, 0.2) is 71.6 Å². The van der Waals surface area contributed by atoms with Gasteiger partial charge >= 0.3 is 0 Å². The molecular weight excluding hydrogens is 368 g/mol. The van der Waals surface area contributed by atoms with Crippen LogP contribution in [0, 0.1) is 11.3 Å². The van der Waals surface area contributed by atoms with Crippen molar-refractivity contribution in [1.29, 1.82) is 5.26 Å². The second-order valence-electron chi connectivity index (χ2n) is 6.18. The molecular formula is C22H16N4OS. The predicted octanol–water partition coefficient (Wildman–Crippen LogP) is 5.08. The average Bonchev–Trinajstić information content (AvgIpc) is 3.15. The number of carbonyl (C=O) groups is 1. The summed E-state index contributed by atoms with van der Waals surface area (Å²) >= 11 is 1.70. The van der Waals surface area contributed by atoms with Gasteiger partial charge in [0.05, 0.1) is 17.1 Å². The van der Waals surface area contributed by atoms with Crippen LogP contribution in [0.3, 0.4) is 0 Å². The van der Waals surface area contributed by atoms with E-state index in [1.54, 1.807) is 36.0 Å². The molecule has 136 valence electrons. The zero-order valence-electron chi connectivity index (χ0n) is 15.1. The number of carbonyl (C=O) groups excluding carboxylic acids is 1. The van der Waals surface area contributed by atoms with Gasteiger partial charge in [0.25, 0.3) is 5.91 Å². The van der Waals surface area contributed by atoms with Crippen molar-refractivity contribution in [2.75, 3.05) is 11.6 Å². The van der Waals surface area contributed by atoms with Crippen LogP contribution in [-0.2, 0) is 0 Å². The van der Waals surface area contributed by atoms with Gasteiger partial charge in [0.15, 0.2) is 5.82 Å². The number of aromatic amines is 1. The standard InChI is InChI=1S/C22H16N4OS/c1-28-20-8-3-2-7-17(20)15-9-10-18-19(12-15)25-26-21(18)24-22(27)16-6-4-5-14(11-16)13-23/h2-12H,1H3,(H2,24,25,26,27). The normalized spacial score (nSPS) is 10.6. The first kappa shape index (κ1) is 17.8. The first-order chi connectivity index (χ1) is 13.7. The van der Waals surface area contributed by atoms with Gasteiger partial charge in [0, 0.05) is 15.8 Å². The van der Waals surface area contributed by atoms with E-state index in [2.05, 4.69) is 33.9 Å². The zero-order valence-corrected chi connectivity index (χ0v) is 15.9. The number of hydrogen-bond donors (Lipinski definition) is 2. The number of anilines is 1. The van der Waals surface area contributed by atoms with Gasteiger partial charge in [-0.3, -0.25) is 9.89 Å². The van der Waals surface area contributed by atoms with Crippen molar-refractivity contribution in [3.8, 4) is 17.2 Å². The zero-order chi connectivity index (χ0) is 19.5. The lowest BCUT2D eigenvalue weighted by atomic mass is 10.0. The second kappa shape index (κ2) is 7.59. The van der Waals surface area contributed by atoms with E-state index in [0.717, 1.165) is 22.0 Å². The minimum Gasteiger partial charge on any atom is -0.305 e. The van der Waals surface area contributed by atoms with Crippen molar-refractivity contribution in [3.05, 3.63) is 77.9 Å². The summed E-state index contributed by atoms with van der Waals surface area (Å²) in [5.41, 5.74) is 3.94. The van der Waals surface area contributed by atoms with Gasteiger partial charge in [0.2, 0.25) is 0 Å². The highest BCUT2D eigenvalue weighted by atomic mass is 32.2. The third-order valence-electron chi connectivity index (χ3n) is 4.47. The summed E-state index contributed by atoms with van der Waals surface area (Å²) in [7, 11) is 0. The monoisotopic (exact) mass is 384 g/mol. The molecule has 0 saturated heterocycles. The van der Waals surface area contributed by atoms with Crippen LogP contribution >= 0.6 is 11.8 Å². The lowest BCUT2D eigenvalue weighted by molar-refractivity contribution is 0.102. The van der Waals surface area contributed by atoms with Crippen molar-refractivity contribution >= 4 is 34.4 Å². The van der Waals surface area contributed by atoms with Gasteiger partial charge < -0.3 is 5.32 Å². The Kier molecular flexibility index (Phi) is 4.83. The van der Waals surface area contributed by atoms with E-state index in [9.17, 15) is 4.79 Å². The number of hydrogen-bond acceptors (Lipinski definition) is 4. The third-order valence-corrected chi connectivity index (χ3v) is 5.26. The van der Waals surface area contributed by atoms with Crippen molar-refractivity contribution in [1.82, 2.24) is 10.2 Å². The van der Waals surface area contributed by atoms with Crippen LogP contribution < -0.4 is 5.32 Å². The molecule has 3 aromatic carbocycles. The lowest BCUT2D eigenvalue weighted by Crippen LogP contribution is -2.12. The summed E-state index contributed by atoms with van der Waals surface area (Å²) in [6.07, 6.45) is 2.06. The molecule has 6 heteroatoms. The largest absolute Gasteiger partial charge is 0.305 e. The Morgan fingerprint density at radius 3 is 2.79 bits per heavy atom. The third kappa shape index (κ3) is 3.36. The Labute approximate surface area is 166 Å². The number of nitrogens with zero attached hydrogens (tertiary/aromatic N) is 2. The Morgan fingerprint density at radius 2 is 1.96 bits per heavy atom. The quantitative estimate of drug-likeness (QED) is 0.481. The smallest absolute Gasteiger partial charge is 0.256 e. The molecule has 0 saturated carbocycles. The molecule has 0 atom stereocenters. The highest BCUT2D eigenvalue weighted by molar-refractivity contribution is 7.98. The maximum atomic E-state index is 12.5. The van der Waals surface area contributed by atoms with Crippen molar-refractivity contribution in [2.45, 2.75) is 4.90 Å². The predicted molar refractivity (Wildman–Crippen MR) is 112 cm³/mol. The summed E-state index contributed by atoms with van der Waals surface area (Å²) in [5.74, 6) is 0.161. The summed E-state index contributed by atoms with van der Waals surface area (Å²) in [4.78, 5) is 13.7. The fourth-order valence-electron chi connectivity index (χ4n) is 3.08. The number of nitriles is 1. The first-order valence-electron chi connectivity index (χ1n) is 8.62. The minimum absolute atomic E-state index is 0.303. The van der Waals surface area contributed by atoms with Crippen LogP contribution in [0.5, 0.6) is 0 Å². The lowest BCUT2D eigenvalue weighted by Gasteiger charge is -2.07. The van der Waals surface area contributed by atoms with Crippen molar-refractivity contribution < 1.29 is 4.79 Å². The Hall–Kier alpha value is -3.56. The molecule has 28 heavy (non-hydrogen) atoms. The molecule has 0 aliphatic rings. The topological polar surface area (TPSA) is 81.6 Å². The number of thioether (sulfide) groups is 1. The number of aromatic nitrogens is 2. The molecule has 5 nitrogen and oxygen atoms in total. The van der Waals surface area contributed by atoms with Crippen LogP contribution in [0.25, 0.3) is 22.0 Å². The summed E-state index contributed by atoms with van der Waals surface area (Å²) < 4.78 is 0. The summed E-state index contributed by atoms with van der Waals surface area (Å²) in [6, 6.07) is 22.9. The van der Waals surface area contributed by atoms with Gasteiger partial charge in [-0.15, -0.1) is 11.8 Å². The minimum atomic E-state index is -0.303. The van der Waals surface area contributed by atoms with Crippen LogP contribution in [0.1, 0.15) is 15.9 Å². The van der Waals surface area contributed by atoms with E-state index >= 15 is 0 Å². The molecule has 0 bridgehead atoms. The summed E-state index contributed by atoms with van der Waals surface area (Å²) in [5, 5.41) is 19.9. The molecule has 0 aliphatic heterocycles. The van der Waals surface area contributed by atoms with Crippen LogP contribution in [0.4, 0.5) is 5.82 Å². The molecule has 1 heterocycles. The SMILES string of the molecule is CSc1ccccc1-c1ccc2c(NC(=O)c3cccc(C#N)c3)n[nH]c2c1. The summed E-state index contributed by atoms with van der Waals surface area (Å²) in [6.45, 7) is 0. The molecule has 2 N–H and O–H groups in total. The Bertz CT molecular complexity index is 1220. The molecule has 1 amide bonds. The van der Waals surface area contributed by atoms with Gasteiger partial charge in [-0.25, -0.2) is 0 Å². The molecule has 0 unspecified atom stereocenters. The van der Waals surface area contributed by atoms with Gasteiger partial charge in [-0.2, -0.15) is 10.4 Å². The van der Waals surface area contributed by atoms with Crippen LogP contribution in [0.2, 0.25) is 0 Å². The van der Waals surface area contributed by atoms with Crippen LogP contribution in [-0.4, -0.2) is 22.4 Å². The van der Waals surface area contributed by atoms with Crippen molar-refractivity contribution in [2.24, 2.45) is 0 Å². The van der Waals surface area contributed by atoms with E-state index < -0.39 is 0 Å². The van der Waals surface area contributed by atoms with Gasteiger partial charge in [-0.05, 0) is 53.8 Å². The molecule has 0 spiro atoms. The Balaban J connectivity index is 1.65. The van der Waals surface area contributed by atoms with E-state index in [-0.39, 0.29) is 5.91 Å². The molecule has 4 rings (SSSR count). The maximum Gasteiger partial charge on any atom is 0.256 e. The average molecular weight is 384 g/mol. The molecule has 4 aromatic rings. The molecule has 1 aromatic heterocycles. The van der Waals surface area contributed by atoms with E-state index in [1.165, 1.54) is 4.90 Å². The second-order valence-corrected chi connectivity index (χ2v) is 7.03. The molecule has 0 radical (unpaired) electrons. The Morgan fingerprint density at radius 1 is 1.11 bits per heavy atom. The highest BCUT2D eigenvalue weighted by Gasteiger charge is 2.13. The van der Waals surface area contributed by atoms with E-state index in [4.69, 9.17) is 5.26 Å². The number of fused-ring (bicyclic) bond motifs is 1. The molecule has 0 aliphatic carbocycles. The molecule has 0 fully saturated rings. The van der Waals surface area contributed by atoms with Gasteiger partial charge in [0.1, 0.15) is 0 Å². The van der Waals surface area contributed by atoms with Gasteiger partial charge in [-0.1, -0.05) is 30.3 Å².